The van der Waals surface area contributed by atoms with Gasteiger partial charge < -0.3 is 19.5 Å². The first-order valence-electron chi connectivity index (χ1n) is 8.35. The number of ether oxygens (including phenoxy) is 3. The van der Waals surface area contributed by atoms with E-state index in [1.807, 2.05) is 37.1 Å². The minimum Gasteiger partial charge on any atom is -0.497 e. The fraction of sp³-hybridized carbons (Fsp3) is 0.611. The molecule has 0 radical (unpaired) electrons. The van der Waals surface area contributed by atoms with E-state index in [0.29, 0.717) is 13.1 Å². The summed E-state index contributed by atoms with van der Waals surface area (Å²) in [6.07, 6.45) is 2.26. The van der Waals surface area contributed by atoms with Crippen LogP contribution in [0.5, 0.6) is 11.5 Å². The molecule has 0 aliphatic carbocycles. The van der Waals surface area contributed by atoms with E-state index in [2.05, 4.69) is 5.32 Å². The summed E-state index contributed by atoms with van der Waals surface area (Å²) in [5.41, 5.74) is 1.01. The molecular formula is C18H28N2O4. The van der Waals surface area contributed by atoms with Gasteiger partial charge in [0.15, 0.2) is 0 Å². The van der Waals surface area contributed by atoms with Crippen molar-refractivity contribution in [2.75, 3.05) is 34.4 Å². The molecule has 1 aliphatic heterocycles. The largest absolute Gasteiger partial charge is 0.497 e. The second-order valence-corrected chi connectivity index (χ2v) is 6.15. The zero-order chi connectivity index (χ0) is 17.5. The van der Waals surface area contributed by atoms with Gasteiger partial charge in [0.2, 0.25) is 5.91 Å². The van der Waals surface area contributed by atoms with Gasteiger partial charge in [0.25, 0.3) is 0 Å². The lowest BCUT2D eigenvalue weighted by Crippen LogP contribution is -2.45. The van der Waals surface area contributed by atoms with E-state index in [-0.39, 0.29) is 18.1 Å². The third kappa shape index (κ3) is 4.85. The van der Waals surface area contributed by atoms with Crippen molar-refractivity contribution in [1.29, 1.82) is 0 Å². The van der Waals surface area contributed by atoms with E-state index in [0.717, 1.165) is 36.5 Å². The number of carbonyl (C=O) groups is 1. The Labute approximate surface area is 144 Å². The van der Waals surface area contributed by atoms with Crippen LogP contribution in [0.3, 0.4) is 0 Å². The van der Waals surface area contributed by atoms with Gasteiger partial charge in [-0.2, -0.15) is 0 Å². The Hall–Kier alpha value is -1.79. The van der Waals surface area contributed by atoms with Gasteiger partial charge >= 0.3 is 0 Å². The molecule has 2 rings (SSSR count). The molecule has 24 heavy (non-hydrogen) atoms. The highest BCUT2D eigenvalue weighted by atomic mass is 16.5. The Balaban J connectivity index is 1.90. The SMILES string of the molecule is COc1ccc(CN(C)C(C)C(=O)NCC2CCCO2)c(OC)c1. The zero-order valence-corrected chi connectivity index (χ0v) is 15.0. The molecule has 2 unspecified atom stereocenters. The van der Waals surface area contributed by atoms with E-state index >= 15 is 0 Å². The highest BCUT2D eigenvalue weighted by molar-refractivity contribution is 5.81. The summed E-state index contributed by atoms with van der Waals surface area (Å²) < 4.78 is 16.2. The van der Waals surface area contributed by atoms with Gasteiger partial charge in [-0.25, -0.2) is 0 Å². The predicted octanol–water partition coefficient (Wildman–Crippen LogP) is 1.82. The van der Waals surface area contributed by atoms with E-state index in [1.165, 1.54) is 0 Å². The Morgan fingerprint density at radius 3 is 2.83 bits per heavy atom. The average Bonchev–Trinajstić information content (AvgIpc) is 3.12. The topological polar surface area (TPSA) is 60.0 Å². The minimum absolute atomic E-state index is 0.0143. The quantitative estimate of drug-likeness (QED) is 0.785. The standard InChI is InChI=1S/C18H28N2O4/c1-13(18(21)19-11-16-6-5-9-24-16)20(2)12-14-7-8-15(22-3)10-17(14)23-4/h7-8,10,13,16H,5-6,9,11-12H2,1-4H3,(H,19,21). The molecule has 1 N–H and O–H groups in total. The molecule has 6 nitrogen and oxygen atoms in total. The molecule has 134 valence electrons. The van der Waals surface area contributed by atoms with Gasteiger partial charge in [-0.05, 0) is 32.9 Å². The molecular weight excluding hydrogens is 308 g/mol. The van der Waals surface area contributed by atoms with Crippen molar-refractivity contribution < 1.29 is 19.0 Å². The van der Waals surface area contributed by atoms with Crippen molar-refractivity contribution in [3.8, 4) is 11.5 Å². The number of nitrogens with one attached hydrogen (secondary N) is 1. The van der Waals surface area contributed by atoms with Crippen LogP contribution in [-0.4, -0.2) is 57.4 Å². The third-order valence-corrected chi connectivity index (χ3v) is 4.48. The molecule has 6 heteroatoms. The van der Waals surface area contributed by atoms with Gasteiger partial charge in [0, 0.05) is 31.3 Å². The van der Waals surface area contributed by atoms with Crippen molar-refractivity contribution in [1.82, 2.24) is 10.2 Å². The number of hydrogen-bond donors (Lipinski definition) is 1. The molecule has 1 fully saturated rings. The highest BCUT2D eigenvalue weighted by Crippen LogP contribution is 2.25. The maximum absolute atomic E-state index is 12.3. The lowest BCUT2D eigenvalue weighted by Gasteiger charge is -2.25. The minimum atomic E-state index is -0.238. The number of methoxy groups -OCH3 is 2. The molecule has 1 saturated heterocycles. The third-order valence-electron chi connectivity index (χ3n) is 4.48. The first kappa shape index (κ1) is 18.5. The van der Waals surface area contributed by atoms with Crippen molar-refractivity contribution in [2.45, 2.75) is 38.5 Å². The Morgan fingerprint density at radius 1 is 1.42 bits per heavy atom. The summed E-state index contributed by atoms with van der Waals surface area (Å²) >= 11 is 0. The average molecular weight is 336 g/mol. The molecule has 0 bridgehead atoms. The highest BCUT2D eigenvalue weighted by Gasteiger charge is 2.22. The summed E-state index contributed by atoms with van der Waals surface area (Å²) in [4.78, 5) is 14.3. The van der Waals surface area contributed by atoms with Gasteiger partial charge in [-0.1, -0.05) is 6.07 Å². The monoisotopic (exact) mass is 336 g/mol. The smallest absolute Gasteiger partial charge is 0.237 e. The molecule has 1 aliphatic rings. The molecule has 0 spiro atoms. The molecule has 0 saturated carbocycles. The molecule has 1 aromatic carbocycles. The number of hydrogen-bond acceptors (Lipinski definition) is 5. The van der Waals surface area contributed by atoms with Crippen LogP contribution in [0.25, 0.3) is 0 Å². The Morgan fingerprint density at radius 2 is 2.21 bits per heavy atom. The number of rotatable bonds is 8. The molecule has 1 aromatic rings. The van der Waals surface area contributed by atoms with Crippen molar-refractivity contribution in [3.63, 3.8) is 0 Å². The Bertz CT molecular complexity index is 544. The van der Waals surface area contributed by atoms with Crippen molar-refractivity contribution in [2.24, 2.45) is 0 Å². The molecule has 0 aromatic heterocycles. The van der Waals surface area contributed by atoms with Gasteiger partial charge in [-0.15, -0.1) is 0 Å². The number of carbonyl (C=O) groups excluding carboxylic acids is 1. The van der Waals surface area contributed by atoms with Gasteiger partial charge in [0.1, 0.15) is 11.5 Å². The fourth-order valence-electron chi connectivity index (χ4n) is 2.76. The van der Waals surface area contributed by atoms with Gasteiger partial charge in [-0.3, -0.25) is 9.69 Å². The fourth-order valence-corrected chi connectivity index (χ4v) is 2.76. The normalized spacial score (nSPS) is 18.5. The summed E-state index contributed by atoms with van der Waals surface area (Å²) in [7, 11) is 5.19. The van der Waals surface area contributed by atoms with E-state index in [1.54, 1.807) is 14.2 Å². The van der Waals surface area contributed by atoms with Crippen LogP contribution in [-0.2, 0) is 16.1 Å². The molecule has 2 atom stereocenters. The van der Waals surface area contributed by atoms with Crippen molar-refractivity contribution in [3.05, 3.63) is 23.8 Å². The van der Waals surface area contributed by atoms with Crippen LogP contribution < -0.4 is 14.8 Å². The van der Waals surface area contributed by atoms with Gasteiger partial charge in [0.05, 0.1) is 26.4 Å². The van der Waals surface area contributed by atoms with Crippen LogP contribution in [0.2, 0.25) is 0 Å². The molecule has 1 heterocycles. The first-order valence-corrected chi connectivity index (χ1v) is 8.35. The Kier molecular flexibility index (Phi) is 6.87. The lowest BCUT2D eigenvalue weighted by molar-refractivity contribution is -0.126. The van der Waals surface area contributed by atoms with Crippen molar-refractivity contribution >= 4 is 5.91 Å². The predicted molar refractivity (Wildman–Crippen MR) is 92.5 cm³/mol. The molecule has 1 amide bonds. The summed E-state index contributed by atoms with van der Waals surface area (Å²) in [6.45, 7) is 3.90. The van der Waals surface area contributed by atoms with E-state index < -0.39 is 0 Å². The number of amides is 1. The lowest BCUT2D eigenvalue weighted by atomic mass is 10.1. The second-order valence-electron chi connectivity index (χ2n) is 6.15. The summed E-state index contributed by atoms with van der Waals surface area (Å²) in [5, 5.41) is 2.98. The first-order chi connectivity index (χ1) is 11.5. The van der Waals surface area contributed by atoms with Crippen LogP contribution >= 0.6 is 0 Å². The van der Waals surface area contributed by atoms with Crippen LogP contribution in [0.4, 0.5) is 0 Å². The maximum atomic E-state index is 12.3. The number of benzene rings is 1. The van der Waals surface area contributed by atoms with Crippen LogP contribution in [0, 0.1) is 0 Å². The second kappa shape index (κ2) is 8.89. The van der Waals surface area contributed by atoms with E-state index in [9.17, 15) is 4.79 Å². The van der Waals surface area contributed by atoms with Crippen LogP contribution in [0.1, 0.15) is 25.3 Å². The number of likely N-dealkylation sites (N-methyl/N-ethyl adjacent to an activating group) is 1. The summed E-state index contributed by atoms with van der Waals surface area (Å²) in [6, 6.07) is 5.47. The number of nitrogens with zero attached hydrogens (tertiary/aromatic N) is 1. The summed E-state index contributed by atoms with van der Waals surface area (Å²) in [5.74, 6) is 1.52. The maximum Gasteiger partial charge on any atom is 0.237 e. The van der Waals surface area contributed by atoms with Crippen LogP contribution in [0.15, 0.2) is 18.2 Å². The van der Waals surface area contributed by atoms with E-state index in [4.69, 9.17) is 14.2 Å². The zero-order valence-electron chi connectivity index (χ0n) is 15.0.